The molecule has 5 amide bonds. The molecule has 0 aliphatic rings. The lowest BCUT2D eigenvalue weighted by Gasteiger charge is -2.21. The standard InChI is InChI=1S/C18H33N9O7/c19-9(3-5-12(20)28)15(31)25-8-14(30)26-10(2-1-7-24-18(22)23)16(32)27-11(17(33)34)4-6-13(21)29/h9-11H,1-8,19H2,(H2,20,28)(H2,21,29)(H,25,31)(H,26,30)(H,27,32)(H,33,34)(H4,22,23,24). The van der Waals surface area contributed by atoms with E-state index in [2.05, 4.69) is 20.9 Å². The maximum absolute atomic E-state index is 12.6. The van der Waals surface area contributed by atoms with E-state index in [-0.39, 0.29) is 51.0 Å². The van der Waals surface area contributed by atoms with Crippen LogP contribution in [-0.4, -0.2) is 77.8 Å². The zero-order valence-corrected chi connectivity index (χ0v) is 18.6. The van der Waals surface area contributed by atoms with Crippen molar-refractivity contribution in [1.29, 1.82) is 0 Å². The molecule has 3 atom stereocenters. The summed E-state index contributed by atoms with van der Waals surface area (Å²) in [5, 5.41) is 16.1. The summed E-state index contributed by atoms with van der Waals surface area (Å²) in [6.07, 6.45) is -0.368. The summed E-state index contributed by atoms with van der Waals surface area (Å²) < 4.78 is 0. The number of amides is 5. The van der Waals surface area contributed by atoms with Gasteiger partial charge in [0, 0.05) is 19.4 Å². The van der Waals surface area contributed by atoms with Crippen LogP contribution in [0.1, 0.15) is 38.5 Å². The van der Waals surface area contributed by atoms with Gasteiger partial charge in [0.05, 0.1) is 12.6 Å². The zero-order valence-electron chi connectivity index (χ0n) is 18.6. The second-order valence-corrected chi connectivity index (χ2v) is 7.30. The molecule has 3 unspecified atom stereocenters. The third-order valence-corrected chi connectivity index (χ3v) is 4.35. The van der Waals surface area contributed by atoms with Crippen LogP contribution in [0.3, 0.4) is 0 Å². The molecular formula is C18H33N9O7. The van der Waals surface area contributed by atoms with Gasteiger partial charge >= 0.3 is 5.97 Å². The van der Waals surface area contributed by atoms with Gasteiger partial charge < -0.3 is 49.7 Å². The monoisotopic (exact) mass is 487 g/mol. The predicted octanol–water partition coefficient (Wildman–Crippen LogP) is -4.93. The fourth-order valence-electron chi connectivity index (χ4n) is 2.56. The lowest BCUT2D eigenvalue weighted by molar-refractivity contribution is -0.142. The van der Waals surface area contributed by atoms with Gasteiger partial charge in [0.25, 0.3) is 0 Å². The molecule has 0 spiro atoms. The highest BCUT2D eigenvalue weighted by atomic mass is 16.4. The van der Waals surface area contributed by atoms with Crippen molar-refractivity contribution < 1.29 is 33.9 Å². The Kier molecular flexibility index (Phi) is 14.0. The van der Waals surface area contributed by atoms with E-state index in [4.69, 9.17) is 28.7 Å². The molecular weight excluding hydrogens is 454 g/mol. The first-order chi connectivity index (χ1) is 15.8. The lowest BCUT2D eigenvalue weighted by atomic mass is 10.1. The molecule has 0 aliphatic heterocycles. The van der Waals surface area contributed by atoms with Crippen LogP contribution < -0.4 is 44.6 Å². The summed E-state index contributed by atoms with van der Waals surface area (Å²) in [7, 11) is 0. The van der Waals surface area contributed by atoms with Gasteiger partial charge in [-0.1, -0.05) is 0 Å². The van der Waals surface area contributed by atoms with E-state index in [9.17, 15) is 33.9 Å². The number of nitrogens with one attached hydrogen (secondary N) is 3. The first-order valence-corrected chi connectivity index (χ1v) is 10.3. The van der Waals surface area contributed by atoms with E-state index in [1.165, 1.54) is 0 Å². The number of carboxylic acid groups (broad SMARTS) is 1. The SMILES string of the molecule is NC(=O)CCC(N)C(=O)NCC(=O)NC(CCCN=C(N)N)C(=O)NC(CCC(N)=O)C(=O)O. The van der Waals surface area contributed by atoms with Crippen molar-refractivity contribution in [1.82, 2.24) is 16.0 Å². The average molecular weight is 488 g/mol. The fourth-order valence-corrected chi connectivity index (χ4v) is 2.56. The number of carbonyl (C=O) groups is 6. The lowest BCUT2D eigenvalue weighted by Crippen LogP contribution is -2.53. The number of hydrogen-bond donors (Lipinski definition) is 9. The minimum absolute atomic E-state index is 0.0134. The molecule has 0 saturated heterocycles. The molecule has 0 fully saturated rings. The predicted molar refractivity (Wildman–Crippen MR) is 119 cm³/mol. The summed E-state index contributed by atoms with van der Waals surface area (Å²) in [5.74, 6) is -5.24. The number of guanidine groups is 1. The third-order valence-electron chi connectivity index (χ3n) is 4.35. The molecule has 192 valence electrons. The summed E-state index contributed by atoms with van der Waals surface area (Å²) in [5.41, 5.74) is 26.1. The number of nitrogens with two attached hydrogens (primary N) is 5. The molecule has 0 aromatic rings. The van der Waals surface area contributed by atoms with Crippen LogP contribution in [0.2, 0.25) is 0 Å². The quantitative estimate of drug-likeness (QED) is 0.0534. The Morgan fingerprint density at radius 2 is 1.38 bits per heavy atom. The Labute approximate surface area is 195 Å². The number of aliphatic carboxylic acids is 1. The van der Waals surface area contributed by atoms with Crippen LogP contribution in [-0.2, 0) is 28.8 Å². The van der Waals surface area contributed by atoms with E-state index in [1.807, 2.05) is 0 Å². The van der Waals surface area contributed by atoms with Crippen LogP contribution in [0, 0.1) is 0 Å². The van der Waals surface area contributed by atoms with Crippen LogP contribution >= 0.6 is 0 Å². The summed E-state index contributed by atoms with van der Waals surface area (Å²) >= 11 is 0. The number of carbonyl (C=O) groups excluding carboxylic acids is 5. The van der Waals surface area contributed by atoms with Crippen LogP contribution in [0.4, 0.5) is 0 Å². The van der Waals surface area contributed by atoms with Gasteiger partial charge in [-0.25, -0.2) is 4.79 Å². The fraction of sp³-hybridized carbons (Fsp3) is 0.611. The number of carboxylic acids is 1. The van der Waals surface area contributed by atoms with Crippen molar-refractivity contribution in [3.05, 3.63) is 0 Å². The molecule has 0 saturated carbocycles. The Balaban J connectivity index is 5.06. The topological polar surface area (TPSA) is 301 Å². The molecule has 0 radical (unpaired) electrons. The Morgan fingerprint density at radius 1 is 0.794 bits per heavy atom. The van der Waals surface area contributed by atoms with Gasteiger partial charge in [0.15, 0.2) is 5.96 Å². The Hall–Kier alpha value is -3.95. The molecule has 0 bridgehead atoms. The number of aliphatic imine (C=N–C) groups is 1. The van der Waals surface area contributed by atoms with Gasteiger partial charge in [-0.3, -0.25) is 29.0 Å². The van der Waals surface area contributed by atoms with E-state index >= 15 is 0 Å². The normalized spacial score (nSPS) is 13.0. The number of nitrogens with zero attached hydrogens (tertiary/aromatic N) is 1. The van der Waals surface area contributed by atoms with Gasteiger partial charge in [0.2, 0.25) is 29.5 Å². The van der Waals surface area contributed by atoms with E-state index in [1.54, 1.807) is 0 Å². The largest absolute Gasteiger partial charge is 0.480 e. The first-order valence-electron chi connectivity index (χ1n) is 10.3. The van der Waals surface area contributed by atoms with Crippen molar-refractivity contribution in [2.24, 2.45) is 33.7 Å². The Morgan fingerprint density at radius 3 is 1.91 bits per heavy atom. The minimum Gasteiger partial charge on any atom is -0.480 e. The van der Waals surface area contributed by atoms with Gasteiger partial charge in [0.1, 0.15) is 12.1 Å². The van der Waals surface area contributed by atoms with E-state index in [0.29, 0.717) is 0 Å². The molecule has 16 heteroatoms. The number of hydrogen-bond acceptors (Lipinski definition) is 8. The highest BCUT2D eigenvalue weighted by Crippen LogP contribution is 2.03. The highest BCUT2D eigenvalue weighted by Gasteiger charge is 2.27. The number of rotatable bonds is 17. The van der Waals surface area contributed by atoms with E-state index < -0.39 is 60.2 Å². The summed E-state index contributed by atoms with van der Waals surface area (Å²) in [6.45, 7) is -0.401. The van der Waals surface area contributed by atoms with Crippen LogP contribution in [0.5, 0.6) is 0 Å². The van der Waals surface area contributed by atoms with Crippen molar-refractivity contribution in [3.8, 4) is 0 Å². The molecule has 34 heavy (non-hydrogen) atoms. The maximum Gasteiger partial charge on any atom is 0.326 e. The number of primary amides is 2. The smallest absolute Gasteiger partial charge is 0.326 e. The summed E-state index contributed by atoms with van der Waals surface area (Å²) in [4.78, 5) is 73.6. The second kappa shape index (κ2) is 15.8. The summed E-state index contributed by atoms with van der Waals surface area (Å²) in [6, 6.07) is -3.68. The van der Waals surface area contributed by atoms with Crippen molar-refractivity contribution in [2.45, 2.75) is 56.7 Å². The zero-order chi connectivity index (χ0) is 26.3. The van der Waals surface area contributed by atoms with Crippen LogP contribution in [0.25, 0.3) is 0 Å². The molecule has 16 nitrogen and oxygen atoms in total. The van der Waals surface area contributed by atoms with Gasteiger partial charge in [-0.15, -0.1) is 0 Å². The Bertz CT molecular complexity index is 784. The molecule has 14 N–H and O–H groups in total. The first kappa shape index (κ1) is 30.1. The van der Waals surface area contributed by atoms with Crippen molar-refractivity contribution in [3.63, 3.8) is 0 Å². The van der Waals surface area contributed by atoms with Gasteiger partial charge in [-0.2, -0.15) is 0 Å². The third kappa shape index (κ3) is 14.2. The minimum atomic E-state index is -1.42. The maximum atomic E-state index is 12.6. The molecule has 0 aliphatic carbocycles. The van der Waals surface area contributed by atoms with Crippen molar-refractivity contribution >= 4 is 41.5 Å². The highest BCUT2D eigenvalue weighted by molar-refractivity contribution is 5.92. The molecule has 0 heterocycles. The average Bonchev–Trinajstić information content (AvgIpc) is 2.74. The van der Waals surface area contributed by atoms with Gasteiger partial charge in [-0.05, 0) is 25.7 Å². The van der Waals surface area contributed by atoms with Crippen molar-refractivity contribution in [2.75, 3.05) is 13.1 Å². The molecule has 0 rings (SSSR count). The molecule has 0 aromatic heterocycles. The molecule has 0 aromatic carbocycles. The second-order valence-electron chi connectivity index (χ2n) is 7.30. The van der Waals surface area contributed by atoms with Crippen LogP contribution in [0.15, 0.2) is 4.99 Å². The van der Waals surface area contributed by atoms with E-state index in [0.717, 1.165) is 0 Å².